The van der Waals surface area contributed by atoms with Gasteiger partial charge in [0.1, 0.15) is 6.04 Å². The van der Waals surface area contributed by atoms with Crippen molar-refractivity contribution in [3.63, 3.8) is 0 Å². The normalized spacial score (nSPS) is 28.4. The van der Waals surface area contributed by atoms with Crippen molar-refractivity contribution in [1.29, 1.82) is 0 Å². The Kier molecular flexibility index (Phi) is 7.02. The van der Waals surface area contributed by atoms with Crippen LogP contribution in [0, 0.1) is 11.3 Å². The molecule has 2 aliphatic rings. The van der Waals surface area contributed by atoms with Crippen LogP contribution in [-0.2, 0) is 9.59 Å². The summed E-state index contributed by atoms with van der Waals surface area (Å²) in [6.45, 7) is 6.31. The average Bonchev–Trinajstić information content (AvgIpc) is 3.04. The highest BCUT2D eigenvalue weighted by Crippen LogP contribution is 2.29. The molecule has 2 amide bonds. The van der Waals surface area contributed by atoms with Crippen LogP contribution in [0.4, 0.5) is 0 Å². The van der Waals surface area contributed by atoms with E-state index in [4.69, 9.17) is 5.73 Å². The third kappa shape index (κ3) is 4.30. The summed E-state index contributed by atoms with van der Waals surface area (Å²) in [5.74, 6) is 1.72. The maximum absolute atomic E-state index is 12.5. The molecule has 0 spiro atoms. The second-order valence-corrected chi connectivity index (χ2v) is 8.08. The van der Waals surface area contributed by atoms with Gasteiger partial charge in [0.25, 0.3) is 0 Å². The van der Waals surface area contributed by atoms with Crippen LogP contribution in [0.25, 0.3) is 0 Å². The van der Waals surface area contributed by atoms with Crippen LogP contribution < -0.4 is 11.1 Å². The van der Waals surface area contributed by atoms with Gasteiger partial charge < -0.3 is 16.0 Å². The van der Waals surface area contributed by atoms with Gasteiger partial charge in [-0.1, -0.05) is 27.2 Å². The van der Waals surface area contributed by atoms with Crippen molar-refractivity contribution in [3.8, 4) is 0 Å². The van der Waals surface area contributed by atoms with Gasteiger partial charge in [-0.15, -0.1) is 24.2 Å². The smallest absolute Gasteiger partial charge is 0.243 e. The second kappa shape index (κ2) is 7.88. The molecule has 5 nitrogen and oxygen atoms in total. The fraction of sp³-hybridized carbons (Fsp3) is 0.867. The molecule has 1 aliphatic carbocycles. The Morgan fingerprint density at radius 2 is 2.00 bits per heavy atom. The van der Waals surface area contributed by atoms with Gasteiger partial charge in [-0.2, -0.15) is 0 Å². The van der Waals surface area contributed by atoms with Gasteiger partial charge in [0.05, 0.1) is 5.88 Å². The Morgan fingerprint density at radius 1 is 1.32 bits per heavy atom. The van der Waals surface area contributed by atoms with E-state index in [-0.39, 0.29) is 36.3 Å². The van der Waals surface area contributed by atoms with Crippen LogP contribution in [0.15, 0.2) is 0 Å². The Balaban J connectivity index is 0.00000242. The number of rotatable bonds is 3. The number of carbonyl (C=O) groups excluding carboxylic acids is 2. The molecule has 1 heterocycles. The number of carbonyl (C=O) groups is 2. The monoisotopic (exact) mass is 349 g/mol. The first-order chi connectivity index (χ1) is 9.84. The summed E-state index contributed by atoms with van der Waals surface area (Å²) in [4.78, 5) is 26.7. The zero-order valence-corrected chi connectivity index (χ0v) is 15.3. The molecule has 22 heavy (non-hydrogen) atoms. The summed E-state index contributed by atoms with van der Waals surface area (Å²) in [5.41, 5.74) is 5.32. The quantitative estimate of drug-likeness (QED) is 0.811. The van der Waals surface area contributed by atoms with E-state index in [0.717, 1.165) is 19.3 Å². The summed E-state index contributed by atoms with van der Waals surface area (Å²) in [5, 5.41) is 3.13. The molecule has 1 saturated heterocycles. The number of nitrogens with zero attached hydrogens (tertiary/aromatic N) is 1. The molecule has 7 heteroatoms. The van der Waals surface area contributed by atoms with E-state index in [2.05, 4.69) is 5.32 Å². The van der Waals surface area contributed by atoms with Crippen LogP contribution in [0.1, 0.15) is 40.0 Å². The van der Waals surface area contributed by atoms with Gasteiger partial charge in [0.2, 0.25) is 11.8 Å². The third-order valence-electron chi connectivity index (χ3n) is 4.38. The van der Waals surface area contributed by atoms with E-state index in [1.54, 1.807) is 16.7 Å². The van der Waals surface area contributed by atoms with Gasteiger partial charge in [0.15, 0.2) is 0 Å². The molecule has 2 rings (SSSR count). The fourth-order valence-electron chi connectivity index (χ4n) is 3.08. The molecule has 3 unspecified atom stereocenters. The summed E-state index contributed by atoms with van der Waals surface area (Å²) in [6.07, 6.45) is 3.21. The lowest BCUT2D eigenvalue weighted by atomic mass is 9.94. The standard InChI is InChI=1S/C15H27N3O2S.ClH/c1-15(2,3)14(20)18-9-21-8-12(18)13(19)17-11-6-4-5-10(11)7-16;/h10-12H,4-9,16H2,1-3H3,(H,17,19);1H. The van der Waals surface area contributed by atoms with Crippen molar-refractivity contribution in [2.24, 2.45) is 17.1 Å². The van der Waals surface area contributed by atoms with Crippen LogP contribution in [0.3, 0.4) is 0 Å². The molecule has 1 saturated carbocycles. The Morgan fingerprint density at radius 3 is 2.59 bits per heavy atom. The maximum atomic E-state index is 12.5. The van der Waals surface area contributed by atoms with Crippen molar-refractivity contribution in [1.82, 2.24) is 10.2 Å². The lowest BCUT2D eigenvalue weighted by Gasteiger charge is -2.30. The number of nitrogens with one attached hydrogen (secondary N) is 1. The fourth-order valence-corrected chi connectivity index (χ4v) is 4.23. The Labute approximate surface area is 143 Å². The highest BCUT2D eigenvalue weighted by Gasteiger charge is 2.40. The predicted molar refractivity (Wildman–Crippen MR) is 93.0 cm³/mol. The van der Waals surface area contributed by atoms with E-state index in [1.807, 2.05) is 20.8 Å². The SMILES string of the molecule is CC(C)(C)C(=O)N1CSCC1C(=O)NC1CCCC1CN.Cl. The first-order valence-corrected chi connectivity index (χ1v) is 8.89. The molecule has 3 N–H and O–H groups in total. The number of nitrogens with two attached hydrogens (primary N) is 1. The van der Waals surface area contributed by atoms with Gasteiger partial charge in [-0.25, -0.2) is 0 Å². The van der Waals surface area contributed by atoms with Gasteiger partial charge in [-0.05, 0) is 25.3 Å². The highest BCUT2D eigenvalue weighted by atomic mass is 35.5. The summed E-state index contributed by atoms with van der Waals surface area (Å²) >= 11 is 1.65. The van der Waals surface area contributed by atoms with Crippen molar-refractivity contribution < 1.29 is 9.59 Å². The molecule has 1 aliphatic heterocycles. The van der Waals surface area contributed by atoms with Gasteiger partial charge in [-0.3, -0.25) is 9.59 Å². The first kappa shape index (κ1) is 19.6. The van der Waals surface area contributed by atoms with Crippen LogP contribution in [-0.4, -0.2) is 47.0 Å². The molecular weight excluding hydrogens is 322 g/mol. The second-order valence-electron chi connectivity index (χ2n) is 7.08. The zero-order valence-electron chi connectivity index (χ0n) is 13.6. The molecule has 0 radical (unpaired) electrons. The number of thioether (sulfide) groups is 1. The minimum absolute atomic E-state index is 0. The number of amides is 2. The molecule has 3 atom stereocenters. The lowest BCUT2D eigenvalue weighted by molar-refractivity contribution is -0.144. The van der Waals surface area contributed by atoms with Crippen molar-refractivity contribution >= 4 is 36.0 Å². The minimum atomic E-state index is -0.448. The van der Waals surface area contributed by atoms with Crippen molar-refractivity contribution in [2.75, 3.05) is 18.2 Å². The molecule has 0 bridgehead atoms. The van der Waals surface area contributed by atoms with E-state index < -0.39 is 5.41 Å². The lowest BCUT2D eigenvalue weighted by Crippen LogP contribution is -2.53. The van der Waals surface area contributed by atoms with E-state index in [0.29, 0.717) is 24.1 Å². The van der Waals surface area contributed by atoms with E-state index in [9.17, 15) is 9.59 Å². The van der Waals surface area contributed by atoms with Crippen LogP contribution in [0.2, 0.25) is 0 Å². The Hall–Kier alpha value is -0.460. The zero-order chi connectivity index (χ0) is 15.6. The van der Waals surface area contributed by atoms with E-state index in [1.165, 1.54) is 0 Å². The van der Waals surface area contributed by atoms with E-state index >= 15 is 0 Å². The number of halogens is 1. The largest absolute Gasteiger partial charge is 0.351 e. The third-order valence-corrected chi connectivity index (χ3v) is 5.39. The topological polar surface area (TPSA) is 75.4 Å². The number of hydrogen-bond acceptors (Lipinski definition) is 4. The highest BCUT2D eigenvalue weighted by molar-refractivity contribution is 7.99. The molecule has 0 aromatic heterocycles. The van der Waals surface area contributed by atoms with Crippen molar-refractivity contribution in [2.45, 2.75) is 52.1 Å². The van der Waals surface area contributed by atoms with Crippen LogP contribution >= 0.6 is 24.2 Å². The summed E-state index contributed by atoms with van der Waals surface area (Å²) < 4.78 is 0. The van der Waals surface area contributed by atoms with Crippen molar-refractivity contribution in [3.05, 3.63) is 0 Å². The summed E-state index contributed by atoms with van der Waals surface area (Å²) in [7, 11) is 0. The average molecular weight is 350 g/mol. The molecule has 128 valence electrons. The molecule has 0 aromatic rings. The van der Waals surface area contributed by atoms with Gasteiger partial charge in [0, 0.05) is 17.2 Å². The minimum Gasteiger partial charge on any atom is -0.351 e. The van der Waals surface area contributed by atoms with Gasteiger partial charge >= 0.3 is 0 Å². The molecule has 0 aromatic carbocycles. The predicted octanol–water partition coefficient (Wildman–Crippen LogP) is 1.60. The first-order valence-electron chi connectivity index (χ1n) is 7.74. The molecular formula is C15H28ClN3O2S. The molecule has 2 fully saturated rings. The Bertz CT molecular complexity index is 414. The maximum Gasteiger partial charge on any atom is 0.243 e. The van der Waals surface area contributed by atoms with Crippen LogP contribution in [0.5, 0.6) is 0 Å². The summed E-state index contributed by atoms with van der Waals surface area (Å²) in [6, 6.07) is -0.152. The number of hydrogen-bond donors (Lipinski definition) is 2.